The number of carbonyl (C=O) groups is 2. The maximum atomic E-state index is 12.6. The van der Waals surface area contributed by atoms with Gasteiger partial charge in [-0.25, -0.2) is 4.98 Å². The summed E-state index contributed by atoms with van der Waals surface area (Å²) in [4.78, 5) is 32.8. The fourth-order valence-corrected chi connectivity index (χ4v) is 2.18. The molecule has 1 unspecified atom stereocenters. The van der Waals surface area contributed by atoms with Crippen molar-refractivity contribution in [2.75, 3.05) is 13.2 Å². The summed E-state index contributed by atoms with van der Waals surface area (Å²) in [6.45, 7) is 5.28. The molecule has 0 aliphatic carbocycles. The van der Waals surface area contributed by atoms with Crippen LogP contribution < -0.4 is 0 Å². The molecule has 1 heterocycles. The summed E-state index contributed by atoms with van der Waals surface area (Å²) in [5.74, 6) is -2.69. The van der Waals surface area contributed by atoms with E-state index in [0.717, 1.165) is 0 Å². The standard InChI is InChI=1S/C16H20Cl2N2O4/c1-4-24-16(23)10(7-19-12(8-21)9(2)3)15(22)14-11(17)5-6-13(18)20-14/h5-7,9-10,12,21H,4,8H2,1-3H3/t10?,12-/m1/s1. The second kappa shape index (κ2) is 9.71. The summed E-state index contributed by atoms with van der Waals surface area (Å²) in [6.07, 6.45) is 1.18. The van der Waals surface area contributed by atoms with E-state index in [1.807, 2.05) is 13.8 Å². The normalized spacial score (nSPS) is 14.0. The third-order valence-electron chi connectivity index (χ3n) is 3.25. The van der Waals surface area contributed by atoms with Crippen LogP contribution in [0.1, 0.15) is 31.3 Å². The van der Waals surface area contributed by atoms with E-state index < -0.39 is 23.7 Å². The van der Waals surface area contributed by atoms with E-state index in [0.29, 0.717) is 0 Å². The quantitative estimate of drug-likeness (QED) is 0.248. The summed E-state index contributed by atoms with van der Waals surface area (Å²) < 4.78 is 4.93. The summed E-state index contributed by atoms with van der Waals surface area (Å²) >= 11 is 11.8. The van der Waals surface area contributed by atoms with Gasteiger partial charge in [0.2, 0.25) is 5.78 Å². The minimum absolute atomic E-state index is 0.0390. The number of aliphatic imine (C=N–C) groups is 1. The Morgan fingerprint density at radius 3 is 2.58 bits per heavy atom. The van der Waals surface area contributed by atoms with Crippen LogP contribution in [0.15, 0.2) is 17.1 Å². The Bertz CT molecular complexity index is 620. The molecule has 6 nitrogen and oxygen atoms in total. The minimum atomic E-state index is -1.30. The number of halogens is 2. The van der Waals surface area contributed by atoms with Crippen LogP contribution in [0.4, 0.5) is 0 Å². The molecule has 0 aromatic carbocycles. The van der Waals surface area contributed by atoms with Crippen LogP contribution in [0.5, 0.6) is 0 Å². The molecule has 132 valence electrons. The van der Waals surface area contributed by atoms with Crippen molar-refractivity contribution in [3.8, 4) is 0 Å². The van der Waals surface area contributed by atoms with Crippen molar-refractivity contribution in [2.24, 2.45) is 16.8 Å². The molecule has 24 heavy (non-hydrogen) atoms. The third-order valence-corrected chi connectivity index (χ3v) is 3.77. The maximum Gasteiger partial charge on any atom is 0.322 e. The third kappa shape index (κ3) is 5.54. The number of Topliss-reactive ketones (excluding diaryl/α,β-unsaturated/α-hetero) is 1. The average molecular weight is 375 g/mol. The zero-order valence-electron chi connectivity index (χ0n) is 13.7. The molecule has 1 N–H and O–H groups in total. The van der Waals surface area contributed by atoms with Crippen LogP contribution in [0.25, 0.3) is 0 Å². The number of hydrogen-bond donors (Lipinski definition) is 1. The van der Waals surface area contributed by atoms with Gasteiger partial charge in [-0.1, -0.05) is 37.0 Å². The smallest absolute Gasteiger partial charge is 0.322 e. The van der Waals surface area contributed by atoms with Gasteiger partial charge in [0, 0.05) is 6.21 Å². The molecule has 0 amide bonds. The molecular weight excluding hydrogens is 355 g/mol. The van der Waals surface area contributed by atoms with Crippen LogP contribution >= 0.6 is 23.2 Å². The van der Waals surface area contributed by atoms with E-state index in [-0.39, 0.29) is 35.0 Å². The number of aromatic nitrogens is 1. The van der Waals surface area contributed by atoms with Crippen molar-refractivity contribution < 1.29 is 19.4 Å². The highest BCUT2D eigenvalue weighted by Gasteiger charge is 2.30. The Hall–Kier alpha value is -1.50. The van der Waals surface area contributed by atoms with Crippen molar-refractivity contribution in [3.05, 3.63) is 28.0 Å². The van der Waals surface area contributed by atoms with E-state index in [1.54, 1.807) is 6.92 Å². The number of carbonyl (C=O) groups excluding carboxylic acids is 2. The van der Waals surface area contributed by atoms with Crippen molar-refractivity contribution in [1.29, 1.82) is 0 Å². The van der Waals surface area contributed by atoms with Gasteiger partial charge in [0.25, 0.3) is 0 Å². The molecule has 0 spiro atoms. The van der Waals surface area contributed by atoms with E-state index >= 15 is 0 Å². The Kier molecular flexibility index (Phi) is 8.31. The molecule has 0 bridgehead atoms. The first-order valence-electron chi connectivity index (χ1n) is 7.48. The number of rotatable bonds is 8. The molecular formula is C16H20Cl2N2O4. The number of pyridine rings is 1. The molecule has 1 aromatic rings. The summed E-state index contributed by atoms with van der Waals surface area (Å²) in [7, 11) is 0. The van der Waals surface area contributed by atoms with E-state index in [4.69, 9.17) is 27.9 Å². The van der Waals surface area contributed by atoms with Gasteiger partial charge >= 0.3 is 5.97 Å². The number of aliphatic hydroxyl groups excluding tert-OH is 1. The number of ether oxygens (including phenoxy) is 1. The molecule has 1 rings (SSSR count). The van der Waals surface area contributed by atoms with Gasteiger partial charge in [-0.15, -0.1) is 0 Å². The Labute approximate surface area is 150 Å². The van der Waals surface area contributed by atoms with Crippen molar-refractivity contribution in [1.82, 2.24) is 4.98 Å². The van der Waals surface area contributed by atoms with Gasteiger partial charge in [-0.3, -0.25) is 14.6 Å². The second-order valence-electron chi connectivity index (χ2n) is 5.35. The minimum Gasteiger partial charge on any atom is -0.465 e. The van der Waals surface area contributed by atoms with Gasteiger partial charge in [-0.2, -0.15) is 0 Å². The Balaban J connectivity index is 3.18. The Morgan fingerprint density at radius 1 is 1.38 bits per heavy atom. The van der Waals surface area contributed by atoms with Crippen LogP contribution in [0.3, 0.4) is 0 Å². The second-order valence-corrected chi connectivity index (χ2v) is 6.14. The maximum absolute atomic E-state index is 12.6. The van der Waals surface area contributed by atoms with E-state index in [2.05, 4.69) is 9.98 Å². The number of ketones is 1. The van der Waals surface area contributed by atoms with E-state index in [1.165, 1.54) is 18.3 Å². The van der Waals surface area contributed by atoms with Crippen LogP contribution in [0.2, 0.25) is 10.2 Å². The molecule has 0 aliphatic rings. The molecule has 0 saturated heterocycles. The van der Waals surface area contributed by atoms with Crippen molar-refractivity contribution in [3.63, 3.8) is 0 Å². The first kappa shape index (κ1) is 20.5. The topological polar surface area (TPSA) is 88.9 Å². The van der Waals surface area contributed by atoms with Crippen molar-refractivity contribution in [2.45, 2.75) is 26.8 Å². The largest absolute Gasteiger partial charge is 0.465 e. The molecule has 0 saturated carbocycles. The van der Waals surface area contributed by atoms with Crippen LogP contribution in [0, 0.1) is 11.8 Å². The highest BCUT2D eigenvalue weighted by atomic mass is 35.5. The fraction of sp³-hybridized carbons (Fsp3) is 0.500. The lowest BCUT2D eigenvalue weighted by molar-refractivity contribution is -0.144. The van der Waals surface area contributed by atoms with Crippen molar-refractivity contribution >= 4 is 41.2 Å². The average Bonchev–Trinajstić information content (AvgIpc) is 2.53. The van der Waals surface area contributed by atoms with Gasteiger partial charge in [0.15, 0.2) is 5.92 Å². The molecule has 8 heteroatoms. The number of hydrogen-bond acceptors (Lipinski definition) is 6. The first-order valence-corrected chi connectivity index (χ1v) is 8.24. The lowest BCUT2D eigenvalue weighted by atomic mass is 10.0. The number of nitrogens with zero attached hydrogens (tertiary/aromatic N) is 2. The lowest BCUT2D eigenvalue weighted by Crippen LogP contribution is -2.30. The van der Waals surface area contributed by atoms with Gasteiger partial charge in [0.1, 0.15) is 10.8 Å². The summed E-state index contributed by atoms with van der Waals surface area (Å²) in [5.41, 5.74) is -0.126. The Morgan fingerprint density at radius 2 is 2.04 bits per heavy atom. The van der Waals surface area contributed by atoms with Gasteiger partial charge < -0.3 is 9.84 Å². The van der Waals surface area contributed by atoms with E-state index in [9.17, 15) is 14.7 Å². The van der Waals surface area contributed by atoms with Crippen LogP contribution in [-0.4, -0.2) is 47.3 Å². The zero-order valence-corrected chi connectivity index (χ0v) is 15.2. The first-order chi connectivity index (χ1) is 11.3. The number of esters is 1. The SMILES string of the molecule is CCOC(=O)C(C=N[C@H](CO)C(C)C)C(=O)c1nc(Cl)ccc1Cl. The predicted octanol–water partition coefficient (Wildman–Crippen LogP) is 2.84. The van der Waals surface area contributed by atoms with Gasteiger partial charge in [0.05, 0.1) is 24.3 Å². The lowest BCUT2D eigenvalue weighted by Gasteiger charge is -2.15. The van der Waals surface area contributed by atoms with Gasteiger partial charge in [-0.05, 0) is 25.0 Å². The molecule has 0 aliphatic heterocycles. The predicted molar refractivity (Wildman–Crippen MR) is 92.9 cm³/mol. The molecule has 2 atom stereocenters. The highest BCUT2D eigenvalue weighted by molar-refractivity contribution is 6.36. The molecule has 0 fully saturated rings. The highest BCUT2D eigenvalue weighted by Crippen LogP contribution is 2.20. The number of aliphatic hydroxyl groups is 1. The molecule has 0 radical (unpaired) electrons. The van der Waals surface area contributed by atoms with Crippen LogP contribution in [-0.2, 0) is 9.53 Å². The monoisotopic (exact) mass is 374 g/mol. The fourth-order valence-electron chi connectivity index (χ4n) is 1.83. The summed E-state index contributed by atoms with van der Waals surface area (Å²) in [5, 5.41) is 9.48. The summed E-state index contributed by atoms with van der Waals surface area (Å²) in [6, 6.07) is 2.43. The zero-order chi connectivity index (χ0) is 18.3. The molecule has 1 aromatic heterocycles.